The summed E-state index contributed by atoms with van der Waals surface area (Å²) in [6, 6.07) is 0.865. The van der Waals surface area contributed by atoms with Gasteiger partial charge in [0.1, 0.15) is 12.6 Å². The number of rotatable bonds is 1. The lowest BCUT2D eigenvalue weighted by Crippen LogP contribution is -2.40. The average molecular weight is 226 g/mol. The number of nitrogens with zero attached hydrogens (tertiary/aromatic N) is 3. The summed E-state index contributed by atoms with van der Waals surface area (Å²) in [4.78, 5) is 30.1. The Morgan fingerprint density at radius 2 is 1.88 bits per heavy atom. The Balaban J connectivity index is 2.13. The van der Waals surface area contributed by atoms with Gasteiger partial charge >= 0.3 is 6.02 Å². The molecule has 88 valence electrons. The smallest absolute Gasteiger partial charge is 0.292 e. The summed E-state index contributed by atoms with van der Waals surface area (Å²) in [7, 11) is 3.76. The summed E-state index contributed by atoms with van der Waals surface area (Å²) in [5.74, 6) is -0.530. The molecule has 2 heterocycles. The molecule has 1 saturated heterocycles. The van der Waals surface area contributed by atoms with Crippen LogP contribution in [0.3, 0.4) is 0 Å². The molecule has 1 fully saturated rings. The van der Waals surface area contributed by atoms with E-state index < -0.39 is 0 Å². The maximum Gasteiger partial charge on any atom is 0.471 e. The molecule has 0 aliphatic carbocycles. The van der Waals surface area contributed by atoms with Gasteiger partial charge in [-0.1, -0.05) is 5.06 Å². The van der Waals surface area contributed by atoms with Crippen LogP contribution in [-0.2, 0) is 14.4 Å². The summed E-state index contributed by atoms with van der Waals surface area (Å²) >= 11 is 0. The molecule has 0 aromatic heterocycles. The van der Waals surface area contributed by atoms with Crippen LogP contribution < -0.4 is 0 Å². The first-order valence-electron chi connectivity index (χ1n) is 5.35. The second-order valence-corrected chi connectivity index (χ2v) is 4.30. The monoisotopic (exact) mass is 226 g/mol. The summed E-state index contributed by atoms with van der Waals surface area (Å²) in [6.07, 6.45) is 0.490. The summed E-state index contributed by atoms with van der Waals surface area (Å²) in [5, 5.41) is 0.875. The first kappa shape index (κ1) is 10.9. The van der Waals surface area contributed by atoms with Crippen molar-refractivity contribution in [3.63, 3.8) is 0 Å². The second kappa shape index (κ2) is 3.77. The van der Waals surface area contributed by atoms with Gasteiger partial charge in [0, 0.05) is 12.8 Å². The van der Waals surface area contributed by atoms with Crippen molar-refractivity contribution in [2.75, 3.05) is 20.6 Å². The number of hydrogen-bond donors (Lipinski definition) is 0. The Labute approximate surface area is 94.0 Å². The number of carbonyl (C=O) groups excluding carboxylic acids is 2. The molecule has 0 saturated carbocycles. The molecule has 0 aromatic carbocycles. The molecule has 2 amide bonds. The van der Waals surface area contributed by atoms with Crippen LogP contribution in [0.25, 0.3) is 0 Å². The fraction of sp³-hybridized carbons (Fsp3) is 0.700. The van der Waals surface area contributed by atoms with Crippen LogP contribution in [0.5, 0.6) is 0 Å². The van der Waals surface area contributed by atoms with Crippen LogP contribution in [0.4, 0.5) is 0 Å². The van der Waals surface area contributed by atoms with Gasteiger partial charge < -0.3 is 0 Å². The Hall–Kier alpha value is -1.59. The van der Waals surface area contributed by atoms with Crippen LogP contribution in [0, 0.1) is 0 Å². The lowest BCUT2D eigenvalue weighted by atomic mass is 10.3. The van der Waals surface area contributed by atoms with Crippen LogP contribution >= 0.6 is 0 Å². The van der Waals surface area contributed by atoms with Gasteiger partial charge in [-0.05, 0) is 6.92 Å². The van der Waals surface area contributed by atoms with Crippen molar-refractivity contribution in [3.05, 3.63) is 0 Å². The van der Waals surface area contributed by atoms with E-state index in [0.29, 0.717) is 12.1 Å². The normalized spacial score (nSPS) is 26.1. The number of imide groups is 1. The molecule has 16 heavy (non-hydrogen) atoms. The average Bonchev–Trinajstić information content (AvgIpc) is 2.65. The van der Waals surface area contributed by atoms with Crippen molar-refractivity contribution >= 4 is 17.8 Å². The first-order chi connectivity index (χ1) is 7.50. The molecule has 0 spiro atoms. The van der Waals surface area contributed by atoms with E-state index in [1.807, 2.05) is 23.6 Å². The number of hydrogen-bond acceptors (Lipinski definition) is 4. The van der Waals surface area contributed by atoms with E-state index in [-0.39, 0.29) is 24.7 Å². The summed E-state index contributed by atoms with van der Waals surface area (Å²) < 4.78 is 1.89. The standard InChI is InChI=1S/C10H16N3O3/c1-7-6-11(2)10(12(7)3)16-13-8(14)4-5-9(13)15/h7H,4-6H2,1-3H3/q+1/t7-/m1/s1. The van der Waals surface area contributed by atoms with Crippen LogP contribution in [0.15, 0.2) is 0 Å². The van der Waals surface area contributed by atoms with E-state index >= 15 is 0 Å². The molecule has 0 unspecified atom stereocenters. The van der Waals surface area contributed by atoms with Crippen molar-refractivity contribution in [3.8, 4) is 0 Å². The topological polar surface area (TPSA) is 52.9 Å². The highest BCUT2D eigenvalue weighted by atomic mass is 16.7. The maximum atomic E-state index is 11.4. The number of amidine groups is 1. The zero-order valence-electron chi connectivity index (χ0n) is 9.77. The molecular formula is C10H16N3O3+. The second-order valence-electron chi connectivity index (χ2n) is 4.30. The largest absolute Gasteiger partial charge is 0.471 e. The molecule has 2 aliphatic rings. The van der Waals surface area contributed by atoms with E-state index in [1.54, 1.807) is 0 Å². The van der Waals surface area contributed by atoms with Gasteiger partial charge in [-0.2, -0.15) is 0 Å². The van der Waals surface area contributed by atoms with Crippen molar-refractivity contribution in [2.45, 2.75) is 25.8 Å². The zero-order chi connectivity index (χ0) is 11.9. The van der Waals surface area contributed by atoms with Gasteiger partial charge in [0.25, 0.3) is 11.8 Å². The molecular weight excluding hydrogens is 210 g/mol. The summed E-state index contributed by atoms with van der Waals surface area (Å²) in [6.45, 7) is 2.88. The highest BCUT2D eigenvalue weighted by Gasteiger charge is 2.40. The molecule has 1 atom stereocenters. The quantitative estimate of drug-likeness (QED) is 0.442. The minimum absolute atomic E-state index is 0.245. The lowest BCUT2D eigenvalue weighted by molar-refractivity contribution is -0.501. The number of likely N-dealkylation sites (N-methyl/N-ethyl adjacent to an activating group) is 2. The Bertz CT molecular complexity index is 362. The highest BCUT2D eigenvalue weighted by Crippen LogP contribution is 2.15. The lowest BCUT2D eigenvalue weighted by Gasteiger charge is -2.15. The van der Waals surface area contributed by atoms with Gasteiger partial charge in [0.05, 0.1) is 14.1 Å². The van der Waals surface area contributed by atoms with Crippen molar-refractivity contribution in [2.24, 2.45) is 0 Å². The predicted molar refractivity (Wildman–Crippen MR) is 55.5 cm³/mol. The van der Waals surface area contributed by atoms with Gasteiger partial charge in [0.15, 0.2) is 0 Å². The third-order valence-electron chi connectivity index (χ3n) is 3.01. The fourth-order valence-electron chi connectivity index (χ4n) is 1.93. The SMILES string of the molecule is C[C@@H]1C[N+](C)=C(ON2C(=O)CCC2=O)N1C. The van der Waals surface area contributed by atoms with Gasteiger partial charge in [0.2, 0.25) is 0 Å². The van der Waals surface area contributed by atoms with E-state index in [9.17, 15) is 9.59 Å². The van der Waals surface area contributed by atoms with E-state index in [4.69, 9.17) is 4.84 Å². The van der Waals surface area contributed by atoms with E-state index in [1.165, 1.54) is 0 Å². The Kier molecular flexibility index (Phi) is 2.57. The number of carbonyl (C=O) groups is 2. The fourth-order valence-corrected chi connectivity index (χ4v) is 1.93. The van der Waals surface area contributed by atoms with Crippen LogP contribution in [-0.4, -0.2) is 59.1 Å². The molecule has 0 bridgehead atoms. The van der Waals surface area contributed by atoms with E-state index in [0.717, 1.165) is 11.6 Å². The summed E-state index contributed by atoms with van der Waals surface area (Å²) in [5.41, 5.74) is 0. The molecule has 6 heteroatoms. The minimum Gasteiger partial charge on any atom is -0.292 e. The van der Waals surface area contributed by atoms with Gasteiger partial charge in [-0.25, -0.2) is 9.48 Å². The zero-order valence-corrected chi connectivity index (χ0v) is 9.77. The molecule has 2 rings (SSSR count). The van der Waals surface area contributed by atoms with Gasteiger partial charge in [-0.3, -0.25) is 14.4 Å². The molecule has 6 nitrogen and oxygen atoms in total. The van der Waals surface area contributed by atoms with Crippen molar-refractivity contribution < 1.29 is 19.0 Å². The first-order valence-corrected chi connectivity index (χ1v) is 5.35. The third-order valence-corrected chi connectivity index (χ3v) is 3.01. The van der Waals surface area contributed by atoms with Gasteiger partial charge in [-0.15, -0.1) is 0 Å². The Morgan fingerprint density at radius 3 is 2.31 bits per heavy atom. The van der Waals surface area contributed by atoms with Crippen LogP contribution in [0.2, 0.25) is 0 Å². The predicted octanol–water partition coefficient (Wildman–Crippen LogP) is -0.601. The minimum atomic E-state index is -0.265. The molecule has 0 radical (unpaired) electrons. The maximum absolute atomic E-state index is 11.4. The van der Waals surface area contributed by atoms with E-state index in [2.05, 4.69) is 6.92 Å². The molecule has 0 N–H and O–H groups in total. The van der Waals surface area contributed by atoms with Crippen molar-refractivity contribution in [1.82, 2.24) is 9.96 Å². The third kappa shape index (κ3) is 1.64. The van der Waals surface area contributed by atoms with Crippen molar-refractivity contribution in [1.29, 1.82) is 0 Å². The number of hydroxylamine groups is 2. The Morgan fingerprint density at radius 1 is 1.31 bits per heavy atom. The highest BCUT2D eigenvalue weighted by molar-refractivity contribution is 6.01. The molecule has 0 aromatic rings. The molecule has 2 aliphatic heterocycles. The number of amides is 2. The van der Waals surface area contributed by atoms with Crippen LogP contribution in [0.1, 0.15) is 19.8 Å².